The Hall–Kier alpha value is -1.07. The summed E-state index contributed by atoms with van der Waals surface area (Å²) in [5.74, 6) is 0.404. The van der Waals surface area contributed by atoms with Crippen LogP contribution in [0.2, 0.25) is 0 Å². The fourth-order valence-electron chi connectivity index (χ4n) is 2.75. The molecule has 1 aromatic rings. The lowest BCUT2D eigenvalue weighted by atomic mass is 9.92. The first-order valence-corrected chi connectivity index (χ1v) is 7.45. The lowest BCUT2D eigenvalue weighted by molar-refractivity contribution is -0.137. The maximum Gasteiger partial charge on any atom is 0.416 e. The fraction of sp³-hybridized carbons (Fsp3) is 0.625. The van der Waals surface area contributed by atoms with Crippen LogP contribution in [0.3, 0.4) is 0 Å². The molecule has 1 fully saturated rings. The predicted molar refractivity (Wildman–Crippen MR) is 76.0 cm³/mol. The first kappa shape index (κ1) is 16.3. The SMILES string of the molecule is CCCNC(c1ccc(C(F)(F)F)cc1)C1OCCC1C. The maximum atomic E-state index is 12.6. The van der Waals surface area contributed by atoms with E-state index in [2.05, 4.69) is 19.2 Å². The Bertz CT molecular complexity index is 444. The number of nitrogens with one attached hydrogen (secondary N) is 1. The summed E-state index contributed by atoms with van der Waals surface area (Å²) >= 11 is 0. The van der Waals surface area contributed by atoms with Gasteiger partial charge in [0.15, 0.2) is 0 Å². The molecule has 0 spiro atoms. The minimum Gasteiger partial charge on any atom is -0.376 e. The lowest BCUT2D eigenvalue weighted by Gasteiger charge is -2.28. The molecular weight excluding hydrogens is 279 g/mol. The summed E-state index contributed by atoms with van der Waals surface area (Å²) in [4.78, 5) is 0. The van der Waals surface area contributed by atoms with Gasteiger partial charge in [0.25, 0.3) is 0 Å². The molecule has 1 saturated heterocycles. The van der Waals surface area contributed by atoms with E-state index in [1.54, 1.807) is 12.1 Å². The number of ether oxygens (including phenoxy) is 1. The van der Waals surface area contributed by atoms with Crippen LogP contribution < -0.4 is 5.32 Å². The standard InChI is InChI=1S/C16H22F3NO/c1-3-9-20-14(15-11(2)8-10-21-15)12-4-6-13(7-5-12)16(17,18)19/h4-7,11,14-15,20H,3,8-10H2,1-2H3. The zero-order valence-corrected chi connectivity index (χ0v) is 12.4. The second-order valence-electron chi connectivity index (χ2n) is 5.65. The van der Waals surface area contributed by atoms with Crippen molar-refractivity contribution in [1.82, 2.24) is 5.32 Å². The fourth-order valence-corrected chi connectivity index (χ4v) is 2.75. The summed E-state index contributed by atoms with van der Waals surface area (Å²) in [6.07, 6.45) is -2.30. The van der Waals surface area contributed by atoms with Crippen molar-refractivity contribution < 1.29 is 17.9 Å². The topological polar surface area (TPSA) is 21.3 Å². The van der Waals surface area contributed by atoms with Crippen LogP contribution in [0.15, 0.2) is 24.3 Å². The number of hydrogen-bond donors (Lipinski definition) is 1. The summed E-state index contributed by atoms with van der Waals surface area (Å²) in [7, 11) is 0. The second-order valence-corrected chi connectivity index (χ2v) is 5.65. The molecule has 0 radical (unpaired) electrons. The minimum absolute atomic E-state index is 0.0216. The van der Waals surface area contributed by atoms with Crippen molar-refractivity contribution in [2.24, 2.45) is 5.92 Å². The van der Waals surface area contributed by atoms with E-state index in [0.717, 1.165) is 43.7 Å². The Balaban J connectivity index is 2.20. The molecule has 0 aromatic heterocycles. The van der Waals surface area contributed by atoms with Gasteiger partial charge in [-0.25, -0.2) is 0 Å². The molecule has 3 unspecified atom stereocenters. The Kier molecular flexibility index (Phi) is 5.27. The lowest BCUT2D eigenvalue weighted by Crippen LogP contribution is -2.35. The van der Waals surface area contributed by atoms with Crippen LogP contribution in [0.5, 0.6) is 0 Å². The molecule has 1 aliphatic rings. The van der Waals surface area contributed by atoms with Gasteiger partial charge in [-0.15, -0.1) is 0 Å². The molecule has 5 heteroatoms. The third-order valence-corrected chi connectivity index (χ3v) is 3.98. The van der Waals surface area contributed by atoms with Crippen molar-refractivity contribution in [2.45, 2.75) is 45.0 Å². The number of halogens is 3. The minimum atomic E-state index is -4.29. The van der Waals surface area contributed by atoms with Gasteiger partial charge in [0.1, 0.15) is 0 Å². The quantitative estimate of drug-likeness (QED) is 0.881. The average molecular weight is 301 g/mol. The largest absolute Gasteiger partial charge is 0.416 e. The van der Waals surface area contributed by atoms with Crippen molar-refractivity contribution >= 4 is 0 Å². The summed E-state index contributed by atoms with van der Waals surface area (Å²) in [5, 5.41) is 3.41. The molecule has 118 valence electrons. The zero-order valence-electron chi connectivity index (χ0n) is 12.4. The number of hydrogen-bond acceptors (Lipinski definition) is 2. The first-order valence-electron chi connectivity index (χ1n) is 7.45. The Morgan fingerprint density at radius 3 is 2.43 bits per heavy atom. The Morgan fingerprint density at radius 2 is 1.95 bits per heavy atom. The van der Waals surface area contributed by atoms with Gasteiger partial charge >= 0.3 is 6.18 Å². The van der Waals surface area contributed by atoms with Gasteiger partial charge < -0.3 is 10.1 Å². The highest BCUT2D eigenvalue weighted by Crippen LogP contribution is 2.34. The molecule has 21 heavy (non-hydrogen) atoms. The summed E-state index contributed by atoms with van der Waals surface area (Å²) in [6.45, 7) is 5.73. The molecule has 2 rings (SSSR count). The van der Waals surface area contributed by atoms with Gasteiger partial charge in [0.2, 0.25) is 0 Å². The molecule has 0 aliphatic carbocycles. The third kappa shape index (κ3) is 3.98. The summed E-state index contributed by atoms with van der Waals surface area (Å²) < 4.78 is 43.7. The predicted octanol–water partition coefficient (Wildman–Crippen LogP) is 4.17. The van der Waals surface area contributed by atoms with Crippen molar-refractivity contribution in [3.05, 3.63) is 35.4 Å². The smallest absolute Gasteiger partial charge is 0.376 e. The Morgan fingerprint density at radius 1 is 1.29 bits per heavy atom. The summed E-state index contributed by atoms with van der Waals surface area (Å²) in [5.41, 5.74) is 0.246. The third-order valence-electron chi connectivity index (χ3n) is 3.98. The van der Waals surface area contributed by atoms with Gasteiger partial charge in [0, 0.05) is 6.61 Å². The monoisotopic (exact) mass is 301 g/mol. The molecular formula is C16H22F3NO. The van der Waals surface area contributed by atoms with Gasteiger partial charge in [-0.05, 0) is 43.0 Å². The number of alkyl halides is 3. The van der Waals surface area contributed by atoms with Crippen molar-refractivity contribution in [1.29, 1.82) is 0 Å². The van der Waals surface area contributed by atoms with Gasteiger partial charge in [-0.2, -0.15) is 13.2 Å². The highest BCUT2D eigenvalue weighted by Gasteiger charge is 2.34. The number of rotatable bonds is 5. The molecule has 2 nitrogen and oxygen atoms in total. The van der Waals surface area contributed by atoms with Crippen LogP contribution in [0.25, 0.3) is 0 Å². The normalized spacial score (nSPS) is 24.2. The van der Waals surface area contributed by atoms with Crippen molar-refractivity contribution in [3.63, 3.8) is 0 Å². The average Bonchev–Trinajstić information content (AvgIpc) is 2.85. The molecule has 1 aromatic carbocycles. The molecule has 0 amide bonds. The van der Waals surface area contributed by atoms with Crippen LogP contribution in [0.1, 0.15) is 43.9 Å². The van der Waals surface area contributed by atoms with E-state index in [0.29, 0.717) is 5.92 Å². The van der Waals surface area contributed by atoms with Crippen LogP contribution >= 0.6 is 0 Å². The van der Waals surface area contributed by atoms with Gasteiger partial charge in [-0.3, -0.25) is 0 Å². The van der Waals surface area contributed by atoms with Crippen LogP contribution in [-0.2, 0) is 10.9 Å². The van der Waals surface area contributed by atoms with E-state index >= 15 is 0 Å². The second kappa shape index (κ2) is 6.79. The molecule has 1 aliphatic heterocycles. The zero-order chi connectivity index (χ0) is 15.5. The van der Waals surface area contributed by atoms with Crippen LogP contribution in [-0.4, -0.2) is 19.3 Å². The van der Waals surface area contributed by atoms with Gasteiger partial charge in [0.05, 0.1) is 17.7 Å². The van der Waals surface area contributed by atoms with E-state index in [9.17, 15) is 13.2 Å². The van der Waals surface area contributed by atoms with Crippen LogP contribution in [0, 0.1) is 5.92 Å². The Labute approximate surface area is 123 Å². The highest BCUT2D eigenvalue weighted by atomic mass is 19.4. The van der Waals surface area contributed by atoms with E-state index in [1.165, 1.54) is 0 Å². The molecule has 0 bridgehead atoms. The molecule has 1 heterocycles. The van der Waals surface area contributed by atoms with E-state index < -0.39 is 11.7 Å². The summed E-state index contributed by atoms with van der Waals surface area (Å²) in [6, 6.07) is 5.37. The molecule has 3 atom stereocenters. The molecule has 0 saturated carbocycles. The first-order chi connectivity index (χ1) is 9.93. The van der Waals surface area contributed by atoms with E-state index in [4.69, 9.17) is 4.74 Å². The van der Waals surface area contributed by atoms with Crippen LogP contribution in [0.4, 0.5) is 13.2 Å². The van der Waals surface area contributed by atoms with E-state index in [-0.39, 0.29) is 12.1 Å². The van der Waals surface area contributed by atoms with Crippen molar-refractivity contribution in [2.75, 3.05) is 13.2 Å². The molecule has 1 N–H and O–H groups in total. The highest BCUT2D eigenvalue weighted by molar-refractivity contribution is 5.27. The van der Waals surface area contributed by atoms with E-state index in [1.807, 2.05) is 0 Å². The maximum absolute atomic E-state index is 12.6. The number of benzene rings is 1. The van der Waals surface area contributed by atoms with Crippen molar-refractivity contribution in [3.8, 4) is 0 Å². The van der Waals surface area contributed by atoms with Gasteiger partial charge in [-0.1, -0.05) is 26.0 Å².